The number of unbranched alkanes of at least 4 members (excludes halogenated alkanes) is 5. The van der Waals surface area contributed by atoms with Gasteiger partial charge in [-0.3, -0.25) is 4.79 Å². The smallest absolute Gasteiger partial charge is 0.306 e. The molecule has 0 unspecified atom stereocenters. The highest BCUT2D eigenvalue weighted by molar-refractivity contribution is 5.69. The number of benzene rings is 2. The molecule has 198 valence electrons. The highest BCUT2D eigenvalue weighted by atomic mass is 16.6. The largest absolute Gasteiger partial charge is 0.494 e. The summed E-state index contributed by atoms with van der Waals surface area (Å²) in [5.74, 6) is 1.87. The van der Waals surface area contributed by atoms with Crippen molar-refractivity contribution in [3.8, 4) is 34.0 Å². The maximum atomic E-state index is 11.6. The number of ether oxygens (including phenoxy) is 3. The summed E-state index contributed by atoms with van der Waals surface area (Å²) < 4.78 is 16.8. The monoisotopic (exact) mass is 504 g/mol. The zero-order valence-corrected chi connectivity index (χ0v) is 22.4. The van der Waals surface area contributed by atoms with Gasteiger partial charge >= 0.3 is 5.97 Å². The van der Waals surface area contributed by atoms with Crippen LogP contribution in [0, 0.1) is 0 Å². The molecule has 0 N–H and O–H groups in total. The molecule has 0 spiro atoms. The van der Waals surface area contributed by atoms with Crippen LogP contribution in [0.25, 0.3) is 22.5 Å². The van der Waals surface area contributed by atoms with Gasteiger partial charge in [0.1, 0.15) is 18.5 Å². The molecule has 1 atom stereocenters. The van der Waals surface area contributed by atoms with Crippen molar-refractivity contribution in [1.29, 1.82) is 0 Å². The molecular weight excluding hydrogens is 464 g/mol. The number of rotatable bonds is 16. The second kappa shape index (κ2) is 15.6. The molecule has 0 bridgehead atoms. The summed E-state index contributed by atoms with van der Waals surface area (Å²) in [6, 6.07) is 16.4. The van der Waals surface area contributed by atoms with Crippen LogP contribution in [0.5, 0.6) is 11.5 Å². The fraction of sp³-hybridized carbons (Fsp3) is 0.452. The Kier molecular flexibility index (Phi) is 11.9. The SMILES string of the molecule is CCCCCCCCOc1ccc(-c2ccc(-c3ncc(OC[C@H](C)OC(=O)CCC)cn3)cc2)cc1. The number of esters is 1. The summed E-state index contributed by atoms with van der Waals surface area (Å²) in [5, 5.41) is 0. The number of aromatic nitrogens is 2. The van der Waals surface area contributed by atoms with Crippen LogP contribution in [0.4, 0.5) is 0 Å². The van der Waals surface area contributed by atoms with Crippen LogP contribution in [-0.2, 0) is 9.53 Å². The fourth-order valence-corrected chi connectivity index (χ4v) is 3.90. The van der Waals surface area contributed by atoms with E-state index < -0.39 is 0 Å². The topological polar surface area (TPSA) is 70.5 Å². The van der Waals surface area contributed by atoms with Gasteiger partial charge in [0.15, 0.2) is 11.6 Å². The van der Waals surface area contributed by atoms with Crippen molar-refractivity contribution in [3.05, 3.63) is 60.9 Å². The molecular formula is C31H40N2O4. The third-order valence-electron chi connectivity index (χ3n) is 6.00. The van der Waals surface area contributed by atoms with E-state index in [2.05, 4.69) is 41.2 Å². The zero-order valence-electron chi connectivity index (χ0n) is 22.4. The van der Waals surface area contributed by atoms with Crippen LogP contribution >= 0.6 is 0 Å². The highest BCUT2D eigenvalue weighted by Crippen LogP contribution is 2.25. The predicted molar refractivity (Wildman–Crippen MR) is 148 cm³/mol. The molecule has 37 heavy (non-hydrogen) atoms. The average Bonchev–Trinajstić information content (AvgIpc) is 2.92. The van der Waals surface area contributed by atoms with E-state index in [4.69, 9.17) is 14.2 Å². The Morgan fingerprint density at radius 1 is 0.730 bits per heavy atom. The number of hydrogen-bond donors (Lipinski definition) is 0. The van der Waals surface area contributed by atoms with E-state index >= 15 is 0 Å². The quantitative estimate of drug-likeness (QED) is 0.147. The second-order valence-corrected chi connectivity index (χ2v) is 9.32. The molecule has 0 aliphatic rings. The predicted octanol–water partition coefficient (Wildman–Crippen LogP) is 7.66. The minimum Gasteiger partial charge on any atom is -0.494 e. The van der Waals surface area contributed by atoms with Crippen LogP contribution in [0.15, 0.2) is 60.9 Å². The van der Waals surface area contributed by atoms with E-state index in [1.165, 1.54) is 32.1 Å². The first-order valence-corrected chi connectivity index (χ1v) is 13.6. The van der Waals surface area contributed by atoms with Crippen LogP contribution in [0.2, 0.25) is 0 Å². The first-order chi connectivity index (χ1) is 18.1. The Labute approximate surface area is 221 Å². The van der Waals surface area contributed by atoms with Gasteiger partial charge in [-0.05, 0) is 43.0 Å². The Morgan fingerprint density at radius 3 is 1.97 bits per heavy atom. The van der Waals surface area contributed by atoms with Crippen LogP contribution in [0.3, 0.4) is 0 Å². The Bertz CT molecular complexity index is 1050. The van der Waals surface area contributed by atoms with Crippen molar-refractivity contribution < 1.29 is 19.0 Å². The summed E-state index contributed by atoms with van der Waals surface area (Å²) in [6.45, 7) is 7.03. The lowest BCUT2D eigenvalue weighted by atomic mass is 10.0. The van der Waals surface area contributed by atoms with E-state index in [9.17, 15) is 4.79 Å². The van der Waals surface area contributed by atoms with Crippen LogP contribution < -0.4 is 9.47 Å². The van der Waals surface area contributed by atoms with Crippen molar-refractivity contribution in [1.82, 2.24) is 9.97 Å². The minimum atomic E-state index is -0.327. The third-order valence-corrected chi connectivity index (χ3v) is 6.00. The van der Waals surface area contributed by atoms with Crippen molar-refractivity contribution in [2.24, 2.45) is 0 Å². The summed E-state index contributed by atoms with van der Waals surface area (Å²) in [4.78, 5) is 20.4. The molecule has 6 nitrogen and oxygen atoms in total. The zero-order chi connectivity index (χ0) is 26.3. The number of nitrogens with zero attached hydrogens (tertiary/aromatic N) is 2. The lowest BCUT2D eigenvalue weighted by Gasteiger charge is -2.14. The van der Waals surface area contributed by atoms with Gasteiger partial charge in [-0.25, -0.2) is 9.97 Å². The molecule has 0 saturated heterocycles. The normalized spacial score (nSPS) is 11.6. The molecule has 2 aromatic carbocycles. The number of carbonyl (C=O) groups is 1. The Hall–Kier alpha value is -3.41. The van der Waals surface area contributed by atoms with Gasteiger partial charge in [-0.2, -0.15) is 0 Å². The van der Waals surface area contributed by atoms with Gasteiger partial charge in [0.05, 0.1) is 19.0 Å². The molecule has 3 rings (SSSR count). The van der Waals surface area contributed by atoms with Gasteiger partial charge < -0.3 is 14.2 Å². The molecule has 1 aromatic heterocycles. The maximum absolute atomic E-state index is 11.6. The second-order valence-electron chi connectivity index (χ2n) is 9.32. The van der Waals surface area contributed by atoms with Gasteiger partial charge in [-0.15, -0.1) is 0 Å². The maximum Gasteiger partial charge on any atom is 0.306 e. The van der Waals surface area contributed by atoms with E-state index in [1.807, 2.05) is 31.2 Å². The summed E-state index contributed by atoms with van der Waals surface area (Å²) in [5.41, 5.74) is 3.19. The van der Waals surface area contributed by atoms with Gasteiger partial charge in [0, 0.05) is 12.0 Å². The number of carbonyl (C=O) groups excluding carboxylic acids is 1. The third kappa shape index (κ3) is 9.87. The van der Waals surface area contributed by atoms with Crippen molar-refractivity contribution in [2.45, 2.75) is 78.2 Å². The number of hydrogen-bond acceptors (Lipinski definition) is 6. The van der Waals surface area contributed by atoms with Crippen LogP contribution in [-0.4, -0.2) is 35.3 Å². The highest BCUT2D eigenvalue weighted by Gasteiger charge is 2.10. The molecule has 0 radical (unpaired) electrons. The summed E-state index contributed by atoms with van der Waals surface area (Å²) in [7, 11) is 0. The van der Waals surface area contributed by atoms with E-state index in [-0.39, 0.29) is 18.7 Å². The minimum absolute atomic E-state index is 0.207. The van der Waals surface area contributed by atoms with Gasteiger partial charge in [0.25, 0.3) is 0 Å². The Balaban J connectivity index is 1.46. The first-order valence-electron chi connectivity index (χ1n) is 13.6. The average molecular weight is 505 g/mol. The lowest BCUT2D eigenvalue weighted by Crippen LogP contribution is -2.21. The molecule has 0 amide bonds. The van der Waals surface area contributed by atoms with Crippen molar-refractivity contribution in [2.75, 3.05) is 13.2 Å². The molecule has 0 aliphatic carbocycles. The molecule has 1 heterocycles. The lowest BCUT2D eigenvalue weighted by molar-refractivity contribution is -0.149. The van der Waals surface area contributed by atoms with Gasteiger partial charge in [0.2, 0.25) is 0 Å². The molecule has 0 fully saturated rings. The Morgan fingerprint density at radius 2 is 1.32 bits per heavy atom. The summed E-state index contributed by atoms with van der Waals surface area (Å²) in [6.07, 6.45) is 11.7. The molecule has 6 heteroatoms. The fourth-order valence-electron chi connectivity index (χ4n) is 3.90. The van der Waals surface area contributed by atoms with Crippen LogP contribution in [0.1, 0.15) is 72.1 Å². The van der Waals surface area contributed by atoms with E-state index in [0.29, 0.717) is 18.0 Å². The van der Waals surface area contributed by atoms with Crippen molar-refractivity contribution in [3.63, 3.8) is 0 Å². The molecule has 0 aliphatic heterocycles. The van der Waals surface area contributed by atoms with Crippen molar-refractivity contribution >= 4 is 5.97 Å². The first kappa shape index (κ1) is 28.2. The molecule has 3 aromatic rings. The van der Waals surface area contributed by atoms with E-state index in [0.717, 1.165) is 41.9 Å². The van der Waals surface area contributed by atoms with Gasteiger partial charge in [-0.1, -0.05) is 82.3 Å². The van der Waals surface area contributed by atoms with E-state index in [1.54, 1.807) is 19.3 Å². The summed E-state index contributed by atoms with van der Waals surface area (Å²) >= 11 is 0. The molecule has 0 saturated carbocycles. The standard InChI is InChI=1S/C31H40N2O4/c1-4-6-7-8-9-10-20-35-28-18-16-26(17-19-28)25-12-14-27(15-13-25)31-32-21-29(22-33-31)36-23-24(3)37-30(34)11-5-2/h12-19,21-22,24H,4-11,20,23H2,1-3H3/t24-/m0/s1.